The minimum atomic E-state index is -0.485. The minimum Gasteiger partial charge on any atom is -0.512 e. The molecule has 0 aliphatic heterocycles. The fourth-order valence-electron chi connectivity index (χ4n) is 2.61. The molecule has 18 heavy (non-hydrogen) atoms. The number of ether oxygens (including phenoxy) is 1. The van der Waals surface area contributed by atoms with Gasteiger partial charge in [0.15, 0.2) is 0 Å². The molecule has 4 nitrogen and oxygen atoms in total. The molecule has 0 amide bonds. The predicted octanol–water partition coefficient (Wildman–Crippen LogP) is 3.17. The molecule has 1 heterocycles. The zero-order valence-electron chi connectivity index (χ0n) is 10.9. The molecule has 1 aromatic heterocycles. The first-order valence-corrected chi connectivity index (χ1v) is 6.01. The number of carbonyl (C=O) groups is 1. The van der Waals surface area contributed by atoms with Crippen LogP contribution < -0.4 is 0 Å². The van der Waals surface area contributed by atoms with Crippen LogP contribution in [-0.4, -0.2) is 18.2 Å². The van der Waals surface area contributed by atoms with Crippen molar-refractivity contribution < 1.29 is 19.1 Å². The summed E-state index contributed by atoms with van der Waals surface area (Å²) in [6.07, 6.45) is 2.87. The van der Waals surface area contributed by atoms with Gasteiger partial charge in [-0.2, -0.15) is 0 Å². The highest BCUT2D eigenvalue weighted by molar-refractivity contribution is 5.91. The molecule has 0 radical (unpaired) electrons. The van der Waals surface area contributed by atoms with Crippen molar-refractivity contribution in [1.29, 1.82) is 0 Å². The standard InChI is InChI=1S/C14H18O4/c1-14(2)7-6-9(15)11(13(16)17-3)12(14)10-5-4-8-18-10/h4-5,8,12,15H,6-7H2,1-3H3. The van der Waals surface area contributed by atoms with Gasteiger partial charge in [-0.1, -0.05) is 13.8 Å². The Kier molecular flexibility index (Phi) is 3.20. The number of furan rings is 1. The quantitative estimate of drug-likeness (QED) is 0.819. The fraction of sp³-hybridized carbons (Fsp3) is 0.500. The van der Waals surface area contributed by atoms with E-state index in [9.17, 15) is 9.90 Å². The zero-order chi connectivity index (χ0) is 13.3. The number of carbonyl (C=O) groups excluding carboxylic acids is 1. The van der Waals surface area contributed by atoms with E-state index in [2.05, 4.69) is 13.8 Å². The topological polar surface area (TPSA) is 59.7 Å². The number of hydrogen-bond acceptors (Lipinski definition) is 4. The molecule has 0 spiro atoms. The van der Waals surface area contributed by atoms with Gasteiger partial charge in [-0.25, -0.2) is 4.79 Å². The van der Waals surface area contributed by atoms with Crippen molar-refractivity contribution in [3.8, 4) is 0 Å². The van der Waals surface area contributed by atoms with Gasteiger partial charge < -0.3 is 14.3 Å². The maximum Gasteiger partial charge on any atom is 0.337 e. The summed E-state index contributed by atoms with van der Waals surface area (Å²) in [6.45, 7) is 4.13. The number of aliphatic hydroxyl groups is 1. The molecule has 0 saturated heterocycles. The molecule has 0 aromatic carbocycles. The van der Waals surface area contributed by atoms with Crippen LogP contribution in [0.25, 0.3) is 0 Å². The number of aliphatic hydroxyl groups excluding tert-OH is 1. The SMILES string of the molecule is COC(=O)C1=C(O)CCC(C)(C)C1c1ccco1. The number of allylic oxidation sites excluding steroid dienone is 1. The summed E-state index contributed by atoms with van der Waals surface area (Å²) in [6, 6.07) is 3.61. The highest BCUT2D eigenvalue weighted by Crippen LogP contribution is 2.49. The van der Waals surface area contributed by atoms with Gasteiger partial charge >= 0.3 is 5.97 Å². The van der Waals surface area contributed by atoms with Gasteiger partial charge in [-0.15, -0.1) is 0 Å². The zero-order valence-corrected chi connectivity index (χ0v) is 10.9. The lowest BCUT2D eigenvalue weighted by molar-refractivity contribution is -0.137. The molecule has 98 valence electrons. The van der Waals surface area contributed by atoms with E-state index in [0.29, 0.717) is 17.8 Å². The molecule has 4 heteroatoms. The number of hydrogen-bond donors (Lipinski definition) is 1. The summed E-state index contributed by atoms with van der Waals surface area (Å²) < 4.78 is 10.2. The Balaban J connectivity index is 2.53. The van der Waals surface area contributed by atoms with Crippen molar-refractivity contribution in [1.82, 2.24) is 0 Å². The van der Waals surface area contributed by atoms with E-state index in [0.717, 1.165) is 6.42 Å². The summed E-state index contributed by atoms with van der Waals surface area (Å²) in [5, 5.41) is 10.0. The third kappa shape index (κ3) is 2.03. The van der Waals surface area contributed by atoms with Crippen LogP contribution in [-0.2, 0) is 9.53 Å². The third-order valence-corrected chi connectivity index (χ3v) is 3.62. The molecule has 0 fully saturated rings. The monoisotopic (exact) mass is 250 g/mol. The molecular formula is C14H18O4. The molecule has 1 aliphatic rings. The largest absolute Gasteiger partial charge is 0.512 e. The predicted molar refractivity (Wildman–Crippen MR) is 66.1 cm³/mol. The minimum absolute atomic E-state index is 0.113. The molecule has 0 saturated carbocycles. The van der Waals surface area contributed by atoms with Crippen molar-refractivity contribution in [3.05, 3.63) is 35.5 Å². The molecule has 0 bridgehead atoms. The number of methoxy groups -OCH3 is 1. The lowest BCUT2D eigenvalue weighted by atomic mass is 9.66. The van der Waals surface area contributed by atoms with Gasteiger partial charge in [0.05, 0.1) is 24.9 Å². The lowest BCUT2D eigenvalue weighted by Crippen LogP contribution is -2.32. The van der Waals surface area contributed by atoms with E-state index in [1.807, 2.05) is 6.07 Å². The second-order valence-corrected chi connectivity index (χ2v) is 5.29. The highest BCUT2D eigenvalue weighted by atomic mass is 16.5. The average Bonchev–Trinajstić information content (AvgIpc) is 2.84. The van der Waals surface area contributed by atoms with Crippen molar-refractivity contribution in [3.63, 3.8) is 0 Å². The first kappa shape index (κ1) is 12.7. The smallest absolute Gasteiger partial charge is 0.337 e. The van der Waals surface area contributed by atoms with Crippen LogP contribution in [0.5, 0.6) is 0 Å². The van der Waals surface area contributed by atoms with Crippen LogP contribution in [0.1, 0.15) is 38.4 Å². The van der Waals surface area contributed by atoms with Crippen molar-refractivity contribution >= 4 is 5.97 Å². The molecule has 1 N–H and O–H groups in total. The van der Waals surface area contributed by atoms with E-state index in [1.54, 1.807) is 12.3 Å². The van der Waals surface area contributed by atoms with Crippen LogP contribution in [0.2, 0.25) is 0 Å². The summed E-state index contributed by atoms with van der Waals surface area (Å²) in [7, 11) is 1.32. The Bertz CT molecular complexity index is 468. The summed E-state index contributed by atoms with van der Waals surface area (Å²) in [5.74, 6) is 0.0459. The Morgan fingerprint density at radius 1 is 1.56 bits per heavy atom. The lowest BCUT2D eigenvalue weighted by Gasteiger charge is -2.37. The normalized spacial score (nSPS) is 22.9. The van der Waals surface area contributed by atoms with Gasteiger partial charge in [0, 0.05) is 6.42 Å². The molecular weight excluding hydrogens is 232 g/mol. The van der Waals surface area contributed by atoms with Gasteiger partial charge in [-0.05, 0) is 24.0 Å². The van der Waals surface area contributed by atoms with E-state index in [-0.39, 0.29) is 17.1 Å². The van der Waals surface area contributed by atoms with E-state index < -0.39 is 5.97 Å². The van der Waals surface area contributed by atoms with Crippen LogP contribution in [0.3, 0.4) is 0 Å². The highest BCUT2D eigenvalue weighted by Gasteiger charge is 2.43. The summed E-state index contributed by atoms with van der Waals surface area (Å²) in [5.41, 5.74) is 0.164. The van der Waals surface area contributed by atoms with Crippen molar-refractivity contribution in [2.45, 2.75) is 32.6 Å². The van der Waals surface area contributed by atoms with Crippen LogP contribution in [0.15, 0.2) is 34.1 Å². The second-order valence-electron chi connectivity index (χ2n) is 5.29. The maximum absolute atomic E-state index is 11.9. The van der Waals surface area contributed by atoms with Crippen molar-refractivity contribution in [2.75, 3.05) is 7.11 Å². The van der Waals surface area contributed by atoms with Crippen LogP contribution in [0.4, 0.5) is 0 Å². The van der Waals surface area contributed by atoms with Gasteiger partial charge in [0.1, 0.15) is 11.5 Å². The van der Waals surface area contributed by atoms with Crippen molar-refractivity contribution in [2.24, 2.45) is 5.41 Å². The number of rotatable bonds is 2. The number of esters is 1. The van der Waals surface area contributed by atoms with E-state index in [1.165, 1.54) is 7.11 Å². The second kappa shape index (κ2) is 4.52. The van der Waals surface area contributed by atoms with Gasteiger partial charge in [-0.3, -0.25) is 0 Å². The summed E-state index contributed by atoms with van der Waals surface area (Å²) >= 11 is 0. The first-order chi connectivity index (χ1) is 8.47. The Morgan fingerprint density at radius 2 is 2.28 bits per heavy atom. The Morgan fingerprint density at radius 3 is 2.83 bits per heavy atom. The summed E-state index contributed by atoms with van der Waals surface area (Å²) in [4.78, 5) is 11.9. The van der Waals surface area contributed by atoms with Gasteiger partial charge in [0.2, 0.25) is 0 Å². The first-order valence-electron chi connectivity index (χ1n) is 6.01. The van der Waals surface area contributed by atoms with Gasteiger partial charge in [0.25, 0.3) is 0 Å². The maximum atomic E-state index is 11.9. The van der Waals surface area contributed by atoms with E-state index in [4.69, 9.17) is 9.15 Å². The molecule has 1 aromatic rings. The third-order valence-electron chi connectivity index (χ3n) is 3.62. The fourth-order valence-corrected chi connectivity index (χ4v) is 2.61. The average molecular weight is 250 g/mol. The van der Waals surface area contributed by atoms with Crippen LogP contribution in [0, 0.1) is 5.41 Å². The van der Waals surface area contributed by atoms with E-state index >= 15 is 0 Å². The molecule has 1 aliphatic carbocycles. The molecule has 1 atom stereocenters. The Labute approximate surface area is 106 Å². The molecule has 2 rings (SSSR count). The molecule has 1 unspecified atom stereocenters. The Hall–Kier alpha value is -1.71. The van der Waals surface area contributed by atoms with Crippen LogP contribution >= 0.6 is 0 Å².